The number of hydrogen-bond acceptors (Lipinski definition) is 4. The number of methoxy groups -OCH3 is 1. The van der Waals surface area contributed by atoms with E-state index in [0.717, 1.165) is 44.0 Å². The van der Waals surface area contributed by atoms with Crippen LogP contribution in [0.4, 0.5) is 4.39 Å². The summed E-state index contributed by atoms with van der Waals surface area (Å²) in [6.07, 6.45) is 0. The van der Waals surface area contributed by atoms with Crippen LogP contribution in [0.2, 0.25) is 0 Å². The smallest absolute Gasteiger partial charge is 0.123 e. The van der Waals surface area contributed by atoms with Crippen molar-refractivity contribution >= 4 is 0 Å². The van der Waals surface area contributed by atoms with Gasteiger partial charge in [0.2, 0.25) is 0 Å². The lowest BCUT2D eigenvalue weighted by Gasteiger charge is -2.35. The molecule has 1 fully saturated rings. The second-order valence-corrected chi connectivity index (χ2v) is 6.32. The number of halogens is 1. The number of benzene rings is 2. The maximum absolute atomic E-state index is 13.5. The van der Waals surface area contributed by atoms with Crippen molar-refractivity contribution < 1.29 is 9.13 Å². The summed E-state index contributed by atoms with van der Waals surface area (Å²) in [6.45, 7) is 5.41. The van der Waals surface area contributed by atoms with Crippen LogP contribution in [0.3, 0.4) is 0 Å². The van der Waals surface area contributed by atoms with Crippen LogP contribution in [0.25, 0.3) is 0 Å². The molecule has 0 aromatic heterocycles. The lowest BCUT2D eigenvalue weighted by Crippen LogP contribution is -2.45. The molecule has 1 aliphatic heterocycles. The molecule has 0 amide bonds. The van der Waals surface area contributed by atoms with Gasteiger partial charge in [0, 0.05) is 44.8 Å². The highest BCUT2D eigenvalue weighted by Gasteiger charge is 2.18. The summed E-state index contributed by atoms with van der Waals surface area (Å²) in [4.78, 5) is 4.73. The fourth-order valence-electron chi connectivity index (χ4n) is 3.16. The second kappa shape index (κ2) is 8.11. The Labute approximate surface area is 148 Å². The SMILES string of the molecule is COc1ccc(F)cc1CN1CCN(Cc2ccc(C#N)cc2)CC1. The molecule has 0 bridgehead atoms. The van der Waals surface area contributed by atoms with Crippen LogP contribution < -0.4 is 4.74 Å². The fourth-order valence-corrected chi connectivity index (χ4v) is 3.16. The van der Waals surface area contributed by atoms with Crippen molar-refractivity contribution in [2.24, 2.45) is 0 Å². The minimum Gasteiger partial charge on any atom is -0.496 e. The van der Waals surface area contributed by atoms with Gasteiger partial charge in [0.05, 0.1) is 18.7 Å². The van der Waals surface area contributed by atoms with Gasteiger partial charge in [-0.05, 0) is 35.9 Å². The van der Waals surface area contributed by atoms with Crippen LogP contribution in [-0.4, -0.2) is 43.1 Å². The molecule has 2 aromatic rings. The highest BCUT2D eigenvalue weighted by atomic mass is 19.1. The Balaban J connectivity index is 1.53. The van der Waals surface area contributed by atoms with Gasteiger partial charge in [0.15, 0.2) is 0 Å². The molecule has 0 spiro atoms. The third kappa shape index (κ3) is 4.56. The number of ether oxygens (including phenoxy) is 1. The zero-order valence-corrected chi connectivity index (χ0v) is 14.4. The molecule has 1 aliphatic rings. The predicted octanol–water partition coefficient (Wildman–Crippen LogP) is 3.02. The van der Waals surface area contributed by atoms with Gasteiger partial charge in [0.25, 0.3) is 0 Å². The van der Waals surface area contributed by atoms with Gasteiger partial charge in [-0.15, -0.1) is 0 Å². The minimum atomic E-state index is -0.227. The van der Waals surface area contributed by atoms with Crippen molar-refractivity contribution in [3.8, 4) is 11.8 Å². The topological polar surface area (TPSA) is 39.5 Å². The molecule has 1 heterocycles. The normalized spacial score (nSPS) is 15.7. The number of rotatable bonds is 5. The molecular formula is C20H22FN3O. The van der Waals surface area contributed by atoms with Crippen LogP contribution in [0.15, 0.2) is 42.5 Å². The number of hydrogen-bond donors (Lipinski definition) is 0. The van der Waals surface area contributed by atoms with Crippen LogP contribution in [0.5, 0.6) is 5.75 Å². The minimum absolute atomic E-state index is 0.227. The Morgan fingerprint density at radius 1 is 1.00 bits per heavy atom. The fraction of sp³-hybridized carbons (Fsp3) is 0.350. The molecule has 0 N–H and O–H groups in total. The Hall–Kier alpha value is -2.42. The number of piperazine rings is 1. The van der Waals surface area contributed by atoms with Crippen LogP contribution in [-0.2, 0) is 13.1 Å². The molecule has 0 atom stereocenters. The van der Waals surface area contributed by atoms with Crippen LogP contribution in [0, 0.1) is 17.1 Å². The molecule has 130 valence electrons. The summed E-state index contributed by atoms with van der Waals surface area (Å²) in [7, 11) is 1.62. The summed E-state index contributed by atoms with van der Waals surface area (Å²) in [5, 5.41) is 8.86. The lowest BCUT2D eigenvalue weighted by molar-refractivity contribution is 0.121. The van der Waals surface area contributed by atoms with Gasteiger partial charge >= 0.3 is 0 Å². The molecule has 5 heteroatoms. The molecule has 2 aromatic carbocycles. The quantitative estimate of drug-likeness (QED) is 0.839. The first kappa shape index (κ1) is 17.4. The van der Waals surface area contributed by atoms with Crippen LogP contribution in [0.1, 0.15) is 16.7 Å². The Morgan fingerprint density at radius 2 is 1.64 bits per heavy atom. The molecule has 0 unspecified atom stereocenters. The van der Waals surface area contributed by atoms with Crippen molar-refractivity contribution in [2.45, 2.75) is 13.1 Å². The Morgan fingerprint density at radius 3 is 2.24 bits per heavy atom. The largest absolute Gasteiger partial charge is 0.496 e. The van der Waals surface area contributed by atoms with Crippen molar-refractivity contribution in [3.63, 3.8) is 0 Å². The van der Waals surface area contributed by atoms with E-state index < -0.39 is 0 Å². The highest BCUT2D eigenvalue weighted by Crippen LogP contribution is 2.22. The lowest BCUT2D eigenvalue weighted by atomic mass is 10.1. The zero-order valence-electron chi connectivity index (χ0n) is 14.4. The van der Waals surface area contributed by atoms with E-state index in [2.05, 4.69) is 15.9 Å². The average Bonchev–Trinajstić information content (AvgIpc) is 2.64. The van der Waals surface area contributed by atoms with Crippen LogP contribution >= 0.6 is 0 Å². The number of nitriles is 1. The van der Waals surface area contributed by atoms with E-state index in [1.54, 1.807) is 19.2 Å². The van der Waals surface area contributed by atoms with Gasteiger partial charge in [-0.2, -0.15) is 5.26 Å². The molecule has 25 heavy (non-hydrogen) atoms. The van der Waals surface area contributed by atoms with Gasteiger partial charge in [-0.1, -0.05) is 12.1 Å². The maximum atomic E-state index is 13.5. The van der Waals surface area contributed by atoms with Crippen molar-refractivity contribution in [2.75, 3.05) is 33.3 Å². The van der Waals surface area contributed by atoms with Gasteiger partial charge in [0.1, 0.15) is 11.6 Å². The molecule has 4 nitrogen and oxygen atoms in total. The standard InChI is InChI=1S/C20H22FN3O/c1-25-20-7-6-19(21)12-18(20)15-24-10-8-23(9-11-24)14-17-4-2-16(13-22)3-5-17/h2-7,12H,8-11,14-15H2,1H3. The maximum Gasteiger partial charge on any atom is 0.123 e. The third-order valence-electron chi connectivity index (χ3n) is 4.59. The highest BCUT2D eigenvalue weighted by molar-refractivity contribution is 5.34. The van der Waals surface area contributed by atoms with Gasteiger partial charge < -0.3 is 4.74 Å². The van der Waals surface area contributed by atoms with Gasteiger partial charge in [-0.3, -0.25) is 9.80 Å². The average molecular weight is 339 g/mol. The van der Waals surface area contributed by atoms with E-state index in [-0.39, 0.29) is 5.82 Å². The van der Waals surface area contributed by atoms with E-state index in [4.69, 9.17) is 10.00 Å². The molecule has 0 radical (unpaired) electrons. The van der Waals surface area contributed by atoms with Crippen molar-refractivity contribution in [1.29, 1.82) is 5.26 Å². The van der Waals surface area contributed by atoms with E-state index >= 15 is 0 Å². The van der Waals surface area contributed by atoms with Crippen molar-refractivity contribution in [3.05, 3.63) is 65.0 Å². The Bertz CT molecular complexity index is 747. The predicted molar refractivity (Wildman–Crippen MR) is 94.7 cm³/mol. The summed E-state index contributed by atoms with van der Waals surface area (Å²) in [6, 6.07) is 14.6. The summed E-state index contributed by atoms with van der Waals surface area (Å²) >= 11 is 0. The monoisotopic (exact) mass is 339 g/mol. The molecular weight excluding hydrogens is 317 g/mol. The first-order valence-electron chi connectivity index (χ1n) is 8.44. The van der Waals surface area contributed by atoms with E-state index in [1.807, 2.05) is 24.3 Å². The third-order valence-corrected chi connectivity index (χ3v) is 4.59. The summed E-state index contributed by atoms with van der Waals surface area (Å²) in [5.41, 5.74) is 2.81. The summed E-state index contributed by atoms with van der Waals surface area (Å²) in [5.74, 6) is 0.511. The first-order chi connectivity index (χ1) is 12.2. The summed E-state index contributed by atoms with van der Waals surface area (Å²) < 4.78 is 18.8. The number of nitrogens with zero attached hydrogens (tertiary/aromatic N) is 3. The Kier molecular flexibility index (Phi) is 5.64. The zero-order chi connectivity index (χ0) is 17.6. The molecule has 0 saturated carbocycles. The van der Waals surface area contributed by atoms with E-state index in [0.29, 0.717) is 12.1 Å². The molecule has 3 rings (SSSR count). The van der Waals surface area contributed by atoms with E-state index in [1.165, 1.54) is 11.6 Å². The van der Waals surface area contributed by atoms with E-state index in [9.17, 15) is 4.39 Å². The molecule has 0 aliphatic carbocycles. The first-order valence-corrected chi connectivity index (χ1v) is 8.44. The molecule has 1 saturated heterocycles. The van der Waals surface area contributed by atoms with Gasteiger partial charge in [-0.25, -0.2) is 4.39 Å². The second-order valence-electron chi connectivity index (χ2n) is 6.32. The van der Waals surface area contributed by atoms with Crippen molar-refractivity contribution in [1.82, 2.24) is 9.80 Å².